The second kappa shape index (κ2) is 3.02. The normalized spacial score (nSPS) is 18.9. The van der Waals surface area contributed by atoms with Crippen molar-refractivity contribution < 1.29 is 17.9 Å². The van der Waals surface area contributed by atoms with Crippen LogP contribution in [0.2, 0.25) is 0 Å². The third kappa shape index (κ3) is 1.89. The van der Waals surface area contributed by atoms with Gasteiger partial charge < -0.3 is 5.11 Å². The van der Waals surface area contributed by atoms with Crippen molar-refractivity contribution in [2.45, 2.75) is 23.3 Å². The molecule has 2 rings (SSSR count). The number of hydrogen-bond donors (Lipinski definition) is 1. The summed E-state index contributed by atoms with van der Waals surface area (Å²) in [6.07, 6.45) is 2.16. The van der Waals surface area contributed by atoms with E-state index in [2.05, 4.69) is 0 Å². The third-order valence-corrected chi connectivity index (χ3v) is 3.72. The highest BCUT2D eigenvalue weighted by Crippen LogP contribution is 2.45. The van der Waals surface area contributed by atoms with Crippen molar-refractivity contribution in [3.05, 3.63) is 29.6 Å². The lowest BCUT2D eigenvalue weighted by atomic mass is 10.1. The van der Waals surface area contributed by atoms with Gasteiger partial charge in [0.2, 0.25) is 0 Å². The van der Waals surface area contributed by atoms with E-state index in [0.29, 0.717) is 18.4 Å². The lowest BCUT2D eigenvalue weighted by molar-refractivity contribution is 0.151. The van der Waals surface area contributed by atoms with Gasteiger partial charge in [0.15, 0.2) is 9.84 Å². The van der Waals surface area contributed by atoms with Crippen LogP contribution in [0.4, 0.5) is 4.39 Å². The van der Waals surface area contributed by atoms with Crippen LogP contribution >= 0.6 is 0 Å². The second-order valence-electron chi connectivity index (χ2n) is 3.95. The molecule has 1 aliphatic carbocycles. The summed E-state index contributed by atoms with van der Waals surface area (Å²) in [5.41, 5.74) is -0.482. The van der Waals surface area contributed by atoms with Crippen LogP contribution < -0.4 is 0 Å². The van der Waals surface area contributed by atoms with E-state index in [1.807, 2.05) is 0 Å². The Balaban J connectivity index is 2.49. The van der Waals surface area contributed by atoms with Crippen molar-refractivity contribution in [2.75, 3.05) is 6.26 Å². The fourth-order valence-electron chi connectivity index (χ4n) is 1.50. The van der Waals surface area contributed by atoms with Crippen molar-refractivity contribution in [3.63, 3.8) is 0 Å². The summed E-state index contributed by atoms with van der Waals surface area (Å²) >= 11 is 0. The summed E-state index contributed by atoms with van der Waals surface area (Å²) in [6.45, 7) is 0. The monoisotopic (exact) mass is 230 g/mol. The average Bonchev–Trinajstić information content (AvgIpc) is 2.82. The third-order valence-electron chi connectivity index (χ3n) is 2.59. The molecule has 15 heavy (non-hydrogen) atoms. The summed E-state index contributed by atoms with van der Waals surface area (Å²) in [4.78, 5) is -0.324. The molecule has 0 aliphatic heterocycles. The maximum atomic E-state index is 13.4. The molecule has 0 heterocycles. The topological polar surface area (TPSA) is 54.4 Å². The minimum absolute atomic E-state index is 0.324. The first-order valence-corrected chi connectivity index (χ1v) is 6.44. The van der Waals surface area contributed by atoms with Gasteiger partial charge >= 0.3 is 0 Å². The van der Waals surface area contributed by atoms with Crippen molar-refractivity contribution in [1.29, 1.82) is 0 Å². The Morgan fingerprint density at radius 3 is 2.40 bits per heavy atom. The molecular weight excluding hydrogens is 219 g/mol. The Morgan fingerprint density at radius 2 is 2.00 bits per heavy atom. The molecule has 1 N–H and O–H groups in total. The van der Waals surface area contributed by atoms with Crippen LogP contribution in [0.3, 0.4) is 0 Å². The van der Waals surface area contributed by atoms with Gasteiger partial charge in [-0.25, -0.2) is 12.8 Å². The number of rotatable bonds is 2. The first-order chi connectivity index (χ1) is 6.83. The first kappa shape index (κ1) is 10.6. The summed E-state index contributed by atoms with van der Waals surface area (Å²) in [6, 6.07) is 3.77. The van der Waals surface area contributed by atoms with E-state index in [9.17, 15) is 17.9 Å². The van der Waals surface area contributed by atoms with E-state index in [4.69, 9.17) is 0 Å². The standard InChI is InChI=1S/C10H11FO3S/c1-15(13,14)9-3-2-7(6-8(9)11)10(12)4-5-10/h2-3,6,12H,4-5H2,1H3. The van der Waals surface area contributed by atoms with Crippen LogP contribution in [0.25, 0.3) is 0 Å². The molecule has 1 aliphatic rings. The minimum atomic E-state index is -3.53. The molecule has 0 unspecified atom stereocenters. The molecule has 1 aromatic carbocycles. The van der Waals surface area contributed by atoms with E-state index in [0.717, 1.165) is 12.3 Å². The van der Waals surface area contributed by atoms with E-state index in [1.54, 1.807) is 0 Å². The molecule has 0 amide bonds. The van der Waals surface area contributed by atoms with Crippen molar-refractivity contribution in [2.24, 2.45) is 0 Å². The van der Waals surface area contributed by atoms with E-state index >= 15 is 0 Å². The summed E-state index contributed by atoms with van der Waals surface area (Å²) in [7, 11) is -3.53. The highest BCUT2D eigenvalue weighted by atomic mass is 32.2. The smallest absolute Gasteiger partial charge is 0.178 e. The van der Waals surface area contributed by atoms with Gasteiger partial charge in [0.25, 0.3) is 0 Å². The maximum Gasteiger partial charge on any atom is 0.178 e. The molecule has 1 aromatic rings. The number of aliphatic hydroxyl groups is 1. The van der Waals surface area contributed by atoms with Crippen LogP contribution in [0.15, 0.2) is 23.1 Å². The largest absolute Gasteiger partial charge is 0.385 e. The van der Waals surface area contributed by atoms with Crippen LogP contribution in [0, 0.1) is 5.82 Å². The van der Waals surface area contributed by atoms with Gasteiger partial charge in [-0.15, -0.1) is 0 Å². The zero-order valence-corrected chi connectivity index (χ0v) is 9.01. The predicted octanol–water partition coefficient (Wildman–Crippen LogP) is 1.21. The lowest BCUT2D eigenvalue weighted by Crippen LogP contribution is -2.07. The fraction of sp³-hybridized carbons (Fsp3) is 0.400. The van der Waals surface area contributed by atoms with Crippen molar-refractivity contribution >= 4 is 9.84 Å². The number of sulfone groups is 1. The molecular formula is C10H11FO3S. The Morgan fingerprint density at radius 1 is 1.40 bits per heavy atom. The van der Waals surface area contributed by atoms with Crippen LogP contribution in [-0.4, -0.2) is 19.8 Å². The molecule has 3 nitrogen and oxygen atoms in total. The van der Waals surface area contributed by atoms with Crippen LogP contribution in [0.5, 0.6) is 0 Å². The van der Waals surface area contributed by atoms with Gasteiger partial charge in [-0.3, -0.25) is 0 Å². The molecule has 82 valence electrons. The molecule has 1 fully saturated rings. The highest BCUT2D eigenvalue weighted by molar-refractivity contribution is 7.90. The number of benzene rings is 1. The molecule has 0 aromatic heterocycles. The molecule has 0 bridgehead atoms. The molecule has 0 atom stereocenters. The second-order valence-corrected chi connectivity index (χ2v) is 5.93. The molecule has 0 saturated heterocycles. The van der Waals surface area contributed by atoms with Gasteiger partial charge in [0.1, 0.15) is 10.7 Å². The van der Waals surface area contributed by atoms with Gasteiger partial charge in [-0.2, -0.15) is 0 Å². The molecule has 1 saturated carbocycles. The van der Waals surface area contributed by atoms with Crippen LogP contribution in [-0.2, 0) is 15.4 Å². The lowest BCUT2D eigenvalue weighted by Gasteiger charge is -2.09. The van der Waals surface area contributed by atoms with E-state index in [-0.39, 0.29) is 4.90 Å². The predicted molar refractivity (Wildman–Crippen MR) is 52.6 cm³/mol. The number of hydrogen-bond acceptors (Lipinski definition) is 3. The van der Waals surface area contributed by atoms with Crippen LogP contribution in [0.1, 0.15) is 18.4 Å². The first-order valence-electron chi connectivity index (χ1n) is 4.55. The van der Waals surface area contributed by atoms with E-state index < -0.39 is 21.3 Å². The maximum absolute atomic E-state index is 13.4. The average molecular weight is 230 g/mol. The van der Waals surface area contributed by atoms with Gasteiger partial charge in [0, 0.05) is 6.26 Å². The summed E-state index contributed by atoms with van der Waals surface area (Å²) in [5.74, 6) is -0.796. The van der Waals surface area contributed by atoms with Gasteiger partial charge in [-0.1, -0.05) is 6.07 Å². The Labute approximate surface area is 87.5 Å². The Hall–Kier alpha value is -0.940. The molecule has 5 heteroatoms. The summed E-state index contributed by atoms with van der Waals surface area (Å²) < 4.78 is 35.7. The quantitative estimate of drug-likeness (QED) is 0.830. The van der Waals surface area contributed by atoms with Crippen molar-refractivity contribution in [1.82, 2.24) is 0 Å². The number of halogens is 1. The zero-order valence-electron chi connectivity index (χ0n) is 8.20. The molecule has 0 spiro atoms. The van der Waals surface area contributed by atoms with E-state index in [1.165, 1.54) is 12.1 Å². The Bertz CT molecular complexity index is 503. The SMILES string of the molecule is CS(=O)(=O)c1ccc(C2(O)CC2)cc1F. The summed E-state index contributed by atoms with van der Waals surface area (Å²) in [5, 5.41) is 9.70. The fourth-order valence-corrected chi connectivity index (χ4v) is 2.23. The minimum Gasteiger partial charge on any atom is -0.385 e. The zero-order chi connectivity index (χ0) is 11.3. The highest BCUT2D eigenvalue weighted by Gasteiger charge is 2.42. The van der Waals surface area contributed by atoms with Gasteiger partial charge in [0.05, 0.1) is 5.60 Å². The van der Waals surface area contributed by atoms with Crippen molar-refractivity contribution in [3.8, 4) is 0 Å². The Kier molecular flexibility index (Phi) is 2.13. The molecule has 0 radical (unpaired) electrons. The van der Waals surface area contributed by atoms with Gasteiger partial charge in [-0.05, 0) is 30.5 Å².